The van der Waals surface area contributed by atoms with Gasteiger partial charge in [0.25, 0.3) is 0 Å². The van der Waals surface area contributed by atoms with E-state index in [-0.39, 0.29) is 5.41 Å². The molecule has 2 aromatic heterocycles. The van der Waals surface area contributed by atoms with Crippen molar-refractivity contribution in [1.82, 2.24) is 9.13 Å². The van der Waals surface area contributed by atoms with E-state index in [4.69, 9.17) is 0 Å². The van der Waals surface area contributed by atoms with E-state index in [1.54, 1.807) is 0 Å². The Balaban J connectivity index is 1.46. The number of para-hydroxylation sites is 3. The predicted octanol–water partition coefficient (Wildman–Crippen LogP) is 11.3. The summed E-state index contributed by atoms with van der Waals surface area (Å²) >= 11 is 0. The van der Waals surface area contributed by atoms with Crippen LogP contribution in [-0.4, -0.2) is 9.13 Å². The van der Waals surface area contributed by atoms with E-state index >= 15 is 0 Å². The maximum atomic E-state index is 2.53. The predicted molar refractivity (Wildman–Crippen MR) is 190 cm³/mol. The molecule has 7 aromatic carbocycles. The second-order valence-electron chi connectivity index (χ2n) is 12.9. The van der Waals surface area contributed by atoms with Crippen LogP contribution in [-0.2, 0) is 5.41 Å². The summed E-state index contributed by atoms with van der Waals surface area (Å²) in [6.45, 7) is 4.71. The van der Waals surface area contributed by atoms with Crippen molar-refractivity contribution >= 4 is 54.4 Å². The molecule has 0 spiro atoms. The van der Waals surface area contributed by atoms with Crippen molar-refractivity contribution in [2.75, 3.05) is 0 Å². The molecule has 0 aliphatic heterocycles. The standard InChI is InChI=1S/C43H30N2/c1-43(2)35-21-11-8-16-29(35)34-26-28(24-25-36(34)43)45-38-23-13-10-20-33(38)40-31-18-7-6-17-30(31)39-32-19-9-12-22-37(32)44(41(39)42(40)45)27-14-4-3-5-15-27/h3-26H,1-2H3. The Morgan fingerprint density at radius 2 is 0.889 bits per heavy atom. The third-order valence-electron chi connectivity index (χ3n) is 10.3. The van der Waals surface area contributed by atoms with Crippen LogP contribution in [0.3, 0.4) is 0 Å². The van der Waals surface area contributed by atoms with Crippen molar-refractivity contribution in [1.29, 1.82) is 0 Å². The van der Waals surface area contributed by atoms with Gasteiger partial charge < -0.3 is 9.13 Å². The number of aromatic nitrogens is 2. The first-order valence-electron chi connectivity index (χ1n) is 15.8. The first-order valence-corrected chi connectivity index (χ1v) is 15.8. The molecule has 45 heavy (non-hydrogen) atoms. The molecule has 2 nitrogen and oxygen atoms in total. The normalized spacial score (nSPS) is 13.7. The van der Waals surface area contributed by atoms with Crippen LogP contribution in [0.1, 0.15) is 25.0 Å². The summed E-state index contributed by atoms with van der Waals surface area (Å²) in [5.41, 5.74) is 12.7. The zero-order valence-electron chi connectivity index (χ0n) is 25.3. The van der Waals surface area contributed by atoms with Crippen LogP contribution in [0.2, 0.25) is 0 Å². The van der Waals surface area contributed by atoms with E-state index in [1.807, 2.05) is 0 Å². The van der Waals surface area contributed by atoms with E-state index in [0.717, 1.165) is 0 Å². The topological polar surface area (TPSA) is 9.86 Å². The molecule has 1 aliphatic rings. The maximum Gasteiger partial charge on any atom is 0.0795 e. The Kier molecular flexibility index (Phi) is 4.82. The molecule has 9 aromatic rings. The third-order valence-corrected chi connectivity index (χ3v) is 10.3. The molecule has 0 radical (unpaired) electrons. The SMILES string of the molecule is CC1(C)c2ccccc2-c2cc(-n3c4ccccc4c4c5ccccc5c5c6ccccc6n(-c6ccccc6)c5c43)ccc21. The molecule has 1 aliphatic carbocycles. The summed E-state index contributed by atoms with van der Waals surface area (Å²) < 4.78 is 5.02. The molecule has 0 unspecified atom stereocenters. The van der Waals surface area contributed by atoms with E-state index in [1.165, 1.54) is 88.0 Å². The van der Waals surface area contributed by atoms with Crippen molar-refractivity contribution in [3.8, 4) is 22.5 Å². The summed E-state index contributed by atoms with van der Waals surface area (Å²) in [7, 11) is 0. The number of nitrogens with zero attached hydrogens (tertiary/aromatic N) is 2. The van der Waals surface area contributed by atoms with Crippen LogP contribution in [0.15, 0.2) is 146 Å². The zero-order chi connectivity index (χ0) is 29.9. The van der Waals surface area contributed by atoms with Gasteiger partial charge in [0.1, 0.15) is 0 Å². The molecule has 0 saturated heterocycles. The number of hydrogen-bond acceptors (Lipinski definition) is 0. The second kappa shape index (κ2) is 8.74. The number of rotatable bonds is 2. The van der Waals surface area contributed by atoms with Gasteiger partial charge in [-0.25, -0.2) is 0 Å². The van der Waals surface area contributed by atoms with Crippen molar-refractivity contribution in [3.63, 3.8) is 0 Å². The Hall–Kier alpha value is -5.60. The van der Waals surface area contributed by atoms with Crippen LogP contribution in [0, 0.1) is 0 Å². The highest BCUT2D eigenvalue weighted by Crippen LogP contribution is 2.51. The van der Waals surface area contributed by atoms with Crippen LogP contribution < -0.4 is 0 Å². The maximum absolute atomic E-state index is 2.53. The van der Waals surface area contributed by atoms with Gasteiger partial charge in [0.05, 0.1) is 22.1 Å². The van der Waals surface area contributed by atoms with Crippen molar-refractivity contribution < 1.29 is 0 Å². The fraction of sp³-hybridized carbons (Fsp3) is 0.0698. The van der Waals surface area contributed by atoms with Crippen LogP contribution in [0.25, 0.3) is 76.9 Å². The van der Waals surface area contributed by atoms with Crippen LogP contribution >= 0.6 is 0 Å². The largest absolute Gasteiger partial charge is 0.307 e. The molecule has 0 N–H and O–H groups in total. The lowest BCUT2D eigenvalue weighted by molar-refractivity contribution is 0.660. The zero-order valence-corrected chi connectivity index (χ0v) is 25.3. The minimum absolute atomic E-state index is 0.0333. The first kappa shape index (κ1) is 24.8. The lowest BCUT2D eigenvalue weighted by atomic mass is 9.82. The Labute approximate surface area is 261 Å². The minimum atomic E-state index is -0.0333. The van der Waals surface area contributed by atoms with Gasteiger partial charge in [-0.15, -0.1) is 0 Å². The highest BCUT2D eigenvalue weighted by Gasteiger charge is 2.35. The average molecular weight is 575 g/mol. The molecule has 0 atom stereocenters. The van der Waals surface area contributed by atoms with Gasteiger partial charge in [0.2, 0.25) is 0 Å². The van der Waals surface area contributed by atoms with Crippen molar-refractivity contribution in [2.24, 2.45) is 0 Å². The van der Waals surface area contributed by atoms with Gasteiger partial charge in [-0.05, 0) is 69.4 Å². The minimum Gasteiger partial charge on any atom is -0.307 e. The summed E-state index contributed by atoms with van der Waals surface area (Å²) in [6.07, 6.45) is 0. The first-order chi connectivity index (χ1) is 22.1. The molecular weight excluding hydrogens is 544 g/mol. The second-order valence-corrected chi connectivity index (χ2v) is 12.9. The van der Waals surface area contributed by atoms with E-state index in [2.05, 4.69) is 169 Å². The fourth-order valence-electron chi connectivity index (χ4n) is 8.35. The van der Waals surface area contributed by atoms with Gasteiger partial charge in [-0.1, -0.05) is 123 Å². The quantitative estimate of drug-likeness (QED) is 0.194. The Morgan fingerprint density at radius 3 is 1.53 bits per heavy atom. The Morgan fingerprint density at radius 1 is 0.400 bits per heavy atom. The van der Waals surface area contributed by atoms with Gasteiger partial charge in [0, 0.05) is 38.3 Å². The Bertz CT molecular complexity index is 2670. The van der Waals surface area contributed by atoms with Gasteiger partial charge in [-0.3, -0.25) is 0 Å². The molecule has 2 heteroatoms. The highest BCUT2D eigenvalue weighted by atomic mass is 15.0. The van der Waals surface area contributed by atoms with Gasteiger partial charge in [0.15, 0.2) is 0 Å². The monoisotopic (exact) mass is 574 g/mol. The van der Waals surface area contributed by atoms with E-state index in [0.29, 0.717) is 0 Å². The molecule has 10 rings (SSSR count). The molecule has 0 fully saturated rings. The third kappa shape index (κ3) is 3.13. The van der Waals surface area contributed by atoms with Gasteiger partial charge in [-0.2, -0.15) is 0 Å². The number of benzene rings is 7. The smallest absolute Gasteiger partial charge is 0.0795 e. The van der Waals surface area contributed by atoms with E-state index in [9.17, 15) is 0 Å². The van der Waals surface area contributed by atoms with Gasteiger partial charge >= 0.3 is 0 Å². The number of hydrogen-bond donors (Lipinski definition) is 0. The summed E-state index contributed by atoms with van der Waals surface area (Å²) in [4.78, 5) is 0. The highest BCUT2D eigenvalue weighted by molar-refractivity contribution is 6.36. The lowest BCUT2D eigenvalue weighted by Gasteiger charge is -2.21. The van der Waals surface area contributed by atoms with Crippen molar-refractivity contribution in [2.45, 2.75) is 19.3 Å². The molecule has 212 valence electrons. The van der Waals surface area contributed by atoms with Crippen LogP contribution in [0.5, 0.6) is 0 Å². The molecule has 2 heterocycles. The molecule has 0 amide bonds. The van der Waals surface area contributed by atoms with Crippen molar-refractivity contribution in [3.05, 3.63) is 157 Å². The summed E-state index contributed by atoms with van der Waals surface area (Å²) in [6, 6.07) is 53.7. The number of fused-ring (bicyclic) bond motifs is 13. The van der Waals surface area contributed by atoms with Crippen LogP contribution in [0.4, 0.5) is 0 Å². The molecular formula is C43H30N2. The fourth-order valence-corrected chi connectivity index (χ4v) is 8.35. The molecule has 0 saturated carbocycles. The summed E-state index contributed by atoms with van der Waals surface area (Å²) in [5.74, 6) is 0. The lowest BCUT2D eigenvalue weighted by Crippen LogP contribution is -2.14. The molecule has 0 bridgehead atoms. The summed E-state index contributed by atoms with van der Waals surface area (Å²) in [5, 5.41) is 7.73. The average Bonchev–Trinajstić information content (AvgIpc) is 3.69. The van der Waals surface area contributed by atoms with E-state index < -0.39 is 0 Å².